The van der Waals surface area contributed by atoms with Crippen LogP contribution in [0.3, 0.4) is 0 Å². The summed E-state index contributed by atoms with van der Waals surface area (Å²) in [7, 11) is 0. The Kier molecular flexibility index (Phi) is 36.6. The van der Waals surface area contributed by atoms with Gasteiger partial charge in [-0.1, -0.05) is 145 Å². The fourth-order valence-electron chi connectivity index (χ4n) is 5.04. The maximum Gasteiger partial charge on any atom is 0.306 e. The summed E-state index contributed by atoms with van der Waals surface area (Å²) in [5.41, 5.74) is 0. The first kappa shape index (κ1) is 45.3. The third-order valence-electron chi connectivity index (χ3n) is 7.98. The Hall–Kier alpha value is -2.66. The van der Waals surface area contributed by atoms with Crippen molar-refractivity contribution in [1.29, 1.82) is 0 Å². The molecular weight excluding hydrogens is 596 g/mol. The molecule has 0 aliphatic heterocycles. The molecule has 0 aromatic carbocycles. The van der Waals surface area contributed by atoms with Crippen LogP contribution >= 0.6 is 0 Å². The van der Waals surface area contributed by atoms with Gasteiger partial charge in [-0.3, -0.25) is 9.59 Å². The summed E-state index contributed by atoms with van der Waals surface area (Å²) >= 11 is 0. The molecule has 48 heavy (non-hydrogen) atoms. The maximum absolute atomic E-state index is 12.2. The molecule has 0 fully saturated rings. The molecular formula is C43H72O5. The quantitative estimate of drug-likeness (QED) is 0.0420. The fraction of sp³-hybridized carbons (Fsp3) is 0.674. The van der Waals surface area contributed by atoms with Crippen molar-refractivity contribution in [1.82, 2.24) is 0 Å². The largest absolute Gasteiger partial charge is 0.462 e. The minimum absolute atomic E-state index is 0.0898. The van der Waals surface area contributed by atoms with Crippen LogP contribution in [0, 0.1) is 0 Å². The third kappa shape index (κ3) is 36.2. The second-order valence-electron chi connectivity index (χ2n) is 12.6. The number of hydrogen-bond acceptors (Lipinski definition) is 5. The van der Waals surface area contributed by atoms with Crippen molar-refractivity contribution in [2.75, 3.05) is 13.2 Å². The average Bonchev–Trinajstić information content (AvgIpc) is 3.09. The number of rotatable bonds is 34. The van der Waals surface area contributed by atoms with Crippen molar-refractivity contribution in [2.45, 2.75) is 174 Å². The van der Waals surface area contributed by atoms with Crippen LogP contribution in [-0.4, -0.2) is 36.4 Å². The van der Waals surface area contributed by atoms with E-state index in [2.05, 4.69) is 86.8 Å². The molecule has 1 atom stereocenters. The molecule has 0 aromatic heterocycles. The number of aliphatic hydroxyl groups is 1. The van der Waals surface area contributed by atoms with Gasteiger partial charge in [0.05, 0.1) is 6.61 Å². The lowest BCUT2D eigenvalue weighted by Crippen LogP contribution is -2.28. The van der Waals surface area contributed by atoms with Crippen molar-refractivity contribution in [2.24, 2.45) is 0 Å². The zero-order chi connectivity index (χ0) is 35.0. The van der Waals surface area contributed by atoms with Crippen molar-refractivity contribution >= 4 is 11.9 Å². The molecule has 0 bridgehead atoms. The van der Waals surface area contributed by atoms with Crippen molar-refractivity contribution in [3.8, 4) is 0 Å². The first-order valence-electron chi connectivity index (χ1n) is 19.5. The summed E-state index contributed by atoms with van der Waals surface area (Å²) in [5.74, 6) is -0.644. The van der Waals surface area contributed by atoms with Gasteiger partial charge in [0.15, 0.2) is 6.10 Å². The van der Waals surface area contributed by atoms with Crippen molar-refractivity contribution < 1.29 is 24.2 Å². The normalized spacial score (nSPS) is 13.0. The topological polar surface area (TPSA) is 72.8 Å². The number of carbonyl (C=O) groups is 2. The van der Waals surface area contributed by atoms with Gasteiger partial charge in [0, 0.05) is 12.8 Å². The number of aliphatic hydroxyl groups excluding tert-OH is 1. The van der Waals surface area contributed by atoms with Crippen molar-refractivity contribution in [3.05, 3.63) is 72.9 Å². The lowest BCUT2D eigenvalue weighted by molar-refractivity contribution is -0.161. The summed E-state index contributed by atoms with van der Waals surface area (Å²) in [6, 6.07) is 0. The second-order valence-corrected chi connectivity index (χ2v) is 12.6. The van der Waals surface area contributed by atoms with E-state index >= 15 is 0 Å². The van der Waals surface area contributed by atoms with Crippen LogP contribution in [0.1, 0.15) is 168 Å². The SMILES string of the molecule is CCC=CCC=CCC=CCC=CCC=CCCCCCC(=O)OCC(CO)OC(=O)CCCCCCCC=CCCCCCCCC. The Morgan fingerprint density at radius 2 is 0.896 bits per heavy atom. The predicted molar refractivity (Wildman–Crippen MR) is 205 cm³/mol. The molecule has 0 saturated carbocycles. The Bertz CT molecular complexity index is 895. The fourth-order valence-corrected chi connectivity index (χ4v) is 5.04. The second kappa shape index (κ2) is 38.8. The summed E-state index contributed by atoms with van der Waals surface area (Å²) in [6.45, 7) is 3.97. The minimum atomic E-state index is -0.792. The van der Waals surface area contributed by atoms with E-state index in [9.17, 15) is 14.7 Å². The van der Waals surface area contributed by atoms with E-state index in [1.165, 1.54) is 57.8 Å². The molecule has 5 nitrogen and oxygen atoms in total. The van der Waals surface area contributed by atoms with E-state index in [1.807, 2.05) is 0 Å². The van der Waals surface area contributed by atoms with Crippen LogP contribution in [-0.2, 0) is 19.1 Å². The van der Waals surface area contributed by atoms with E-state index in [-0.39, 0.29) is 25.2 Å². The van der Waals surface area contributed by atoms with E-state index in [0.29, 0.717) is 12.8 Å². The Labute approximate surface area is 295 Å². The average molecular weight is 669 g/mol. The Balaban J connectivity index is 3.67. The molecule has 0 radical (unpaired) electrons. The lowest BCUT2D eigenvalue weighted by atomic mass is 10.1. The van der Waals surface area contributed by atoms with Gasteiger partial charge in [-0.15, -0.1) is 0 Å². The minimum Gasteiger partial charge on any atom is -0.462 e. The number of hydrogen-bond donors (Lipinski definition) is 1. The summed E-state index contributed by atoms with van der Waals surface area (Å²) in [5, 5.41) is 9.55. The van der Waals surface area contributed by atoms with Crippen LogP contribution in [0.2, 0.25) is 0 Å². The summed E-state index contributed by atoms with van der Waals surface area (Å²) in [6.07, 6.45) is 51.0. The highest BCUT2D eigenvalue weighted by Crippen LogP contribution is 2.11. The molecule has 1 unspecified atom stereocenters. The predicted octanol–water partition coefficient (Wildman–Crippen LogP) is 12.2. The molecule has 0 amide bonds. The van der Waals surface area contributed by atoms with Gasteiger partial charge in [0.1, 0.15) is 6.61 Å². The molecule has 0 aromatic rings. The van der Waals surface area contributed by atoms with Gasteiger partial charge in [-0.25, -0.2) is 0 Å². The number of ether oxygens (including phenoxy) is 2. The van der Waals surface area contributed by atoms with Gasteiger partial charge < -0.3 is 14.6 Å². The smallest absolute Gasteiger partial charge is 0.306 e. The third-order valence-corrected chi connectivity index (χ3v) is 7.98. The summed E-state index contributed by atoms with van der Waals surface area (Å²) < 4.78 is 10.6. The number of allylic oxidation sites excluding steroid dienone is 12. The van der Waals surface area contributed by atoms with Gasteiger partial charge in [-0.05, 0) is 83.5 Å². The van der Waals surface area contributed by atoms with Crippen LogP contribution in [0.4, 0.5) is 0 Å². The molecule has 0 saturated heterocycles. The van der Waals surface area contributed by atoms with E-state index in [1.54, 1.807) is 0 Å². The van der Waals surface area contributed by atoms with E-state index in [0.717, 1.165) is 83.5 Å². The zero-order valence-corrected chi connectivity index (χ0v) is 31.0. The first-order valence-corrected chi connectivity index (χ1v) is 19.5. The molecule has 0 rings (SSSR count). The monoisotopic (exact) mass is 669 g/mol. The lowest BCUT2D eigenvalue weighted by Gasteiger charge is -2.15. The molecule has 0 aliphatic rings. The Morgan fingerprint density at radius 3 is 1.40 bits per heavy atom. The van der Waals surface area contributed by atoms with Gasteiger partial charge in [0.25, 0.3) is 0 Å². The van der Waals surface area contributed by atoms with Gasteiger partial charge >= 0.3 is 11.9 Å². The van der Waals surface area contributed by atoms with Gasteiger partial charge in [-0.2, -0.15) is 0 Å². The van der Waals surface area contributed by atoms with Crippen LogP contribution in [0.15, 0.2) is 72.9 Å². The highest BCUT2D eigenvalue weighted by atomic mass is 16.6. The number of esters is 2. The Morgan fingerprint density at radius 1 is 0.500 bits per heavy atom. The number of unbranched alkanes of at least 4 members (excludes halogenated alkanes) is 14. The highest BCUT2D eigenvalue weighted by molar-refractivity contribution is 5.70. The van der Waals surface area contributed by atoms with Crippen LogP contribution in [0.5, 0.6) is 0 Å². The van der Waals surface area contributed by atoms with Crippen molar-refractivity contribution in [3.63, 3.8) is 0 Å². The number of carbonyl (C=O) groups excluding carboxylic acids is 2. The van der Waals surface area contributed by atoms with Crippen LogP contribution in [0.25, 0.3) is 0 Å². The molecule has 1 N–H and O–H groups in total. The maximum atomic E-state index is 12.2. The summed E-state index contributed by atoms with van der Waals surface area (Å²) in [4.78, 5) is 24.2. The first-order chi connectivity index (χ1) is 23.6. The molecule has 0 spiro atoms. The molecule has 0 heterocycles. The zero-order valence-electron chi connectivity index (χ0n) is 31.0. The molecule has 274 valence electrons. The van der Waals surface area contributed by atoms with Gasteiger partial charge in [0.2, 0.25) is 0 Å². The van der Waals surface area contributed by atoms with E-state index < -0.39 is 6.10 Å². The van der Waals surface area contributed by atoms with E-state index in [4.69, 9.17) is 9.47 Å². The molecule has 0 aliphatic carbocycles. The van der Waals surface area contributed by atoms with Crippen LogP contribution < -0.4 is 0 Å². The standard InChI is InChI=1S/C43H72O5/c1-3-5-7-9-11-13-15-17-19-20-21-22-24-25-27-29-31-33-35-37-42(45)47-40-41(39-44)48-43(46)38-36-34-32-30-28-26-23-18-16-14-12-10-8-6-4-2/h5,7,11,13,17-19,21-23,25,27,41,44H,3-4,6,8-10,12,14-16,20,24,26,28-40H2,1-2H3. The molecule has 5 heteroatoms. The highest BCUT2D eigenvalue weighted by Gasteiger charge is 2.16.